The normalized spacial score (nSPS) is 11.2. The minimum absolute atomic E-state index is 0. The van der Waals surface area contributed by atoms with Gasteiger partial charge in [0.05, 0.1) is 12.2 Å². The Bertz CT molecular complexity index is 553. The number of rotatable bonds is 7. The second-order valence-electron chi connectivity index (χ2n) is 5.84. The maximum Gasteiger partial charge on any atom is 0.222 e. The number of hydrogen-bond acceptors (Lipinski definition) is 3. The molecular formula is C16H31IN6O. The lowest BCUT2D eigenvalue weighted by molar-refractivity contribution is -0.123. The molecule has 8 heteroatoms. The highest BCUT2D eigenvalue weighted by atomic mass is 127. The lowest BCUT2D eigenvalue weighted by Crippen LogP contribution is -2.42. The van der Waals surface area contributed by atoms with Crippen LogP contribution in [0.1, 0.15) is 37.7 Å². The number of guanidine groups is 1. The molecule has 3 N–H and O–H groups in total. The van der Waals surface area contributed by atoms with E-state index in [9.17, 15) is 4.79 Å². The topological polar surface area (TPSA) is 83.3 Å². The number of hydrogen-bond donors (Lipinski definition) is 3. The van der Waals surface area contributed by atoms with Gasteiger partial charge in [0.2, 0.25) is 5.91 Å². The molecule has 7 nitrogen and oxygen atoms in total. The second kappa shape index (κ2) is 11.3. The Morgan fingerprint density at radius 2 is 1.83 bits per heavy atom. The van der Waals surface area contributed by atoms with Crippen molar-refractivity contribution in [2.45, 2.75) is 41.2 Å². The van der Waals surface area contributed by atoms with Gasteiger partial charge >= 0.3 is 0 Å². The van der Waals surface area contributed by atoms with Gasteiger partial charge in [-0.3, -0.25) is 9.48 Å². The van der Waals surface area contributed by atoms with E-state index in [4.69, 9.17) is 0 Å². The zero-order chi connectivity index (χ0) is 17.4. The standard InChI is InChI=1S/C16H30N6O.HI/c1-7-17-16(19-9-8-18-15(23)11(2)3)20-10-14-12(4)21-22(6)13(14)5;/h11H,7-10H2,1-6H3,(H,18,23)(H2,17,19,20);1H. The van der Waals surface area contributed by atoms with Gasteiger partial charge in [-0.25, -0.2) is 4.99 Å². The van der Waals surface area contributed by atoms with E-state index in [-0.39, 0.29) is 35.8 Å². The number of aliphatic imine (C=N–C) groups is 1. The van der Waals surface area contributed by atoms with Crippen LogP contribution in [0.3, 0.4) is 0 Å². The summed E-state index contributed by atoms with van der Waals surface area (Å²) < 4.78 is 1.88. The van der Waals surface area contributed by atoms with Gasteiger partial charge in [-0.05, 0) is 20.8 Å². The van der Waals surface area contributed by atoms with Crippen molar-refractivity contribution < 1.29 is 4.79 Å². The monoisotopic (exact) mass is 450 g/mol. The molecule has 0 aliphatic heterocycles. The molecule has 0 bridgehead atoms. The van der Waals surface area contributed by atoms with Crippen LogP contribution in [0.25, 0.3) is 0 Å². The Balaban J connectivity index is 0.00000529. The molecule has 0 aliphatic rings. The molecule has 24 heavy (non-hydrogen) atoms. The van der Waals surface area contributed by atoms with Crippen LogP contribution in [-0.2, 0) is 18.4 Å². The van der Waals surface area contributed by atoms with Crippen molar-refractivity contribution in [1.82, 2.24) is 25.7 Å². The SMILES string of the molecule is CCNC(=NCc1c(C)nn(C)c1C)NCCNC(=O)C(C)C.I. The van der Waals surface area contributed by atoms with Crippen LogP contribution < -0.4 is 16.0 Å². The van der Waals surface area contributed by atoms with Crippen LogP contribution in [-0.4, -0.2) is 41.3 Å². The lowest BCUT2D eigenvalue weighted by atomic mass is 10.2. The van der Waals surface area contributed by atoms with Gasteiger partial charge in [0.1, 0.15) is 0 Å². The first-order valence-corrected chi connectivity index (χ1v) is 8.15. The summed E-state index contributed by atoms with van der Waals surface area (Å²) in [6.45, 7) is 12.4. The van der Waals surface area contributed by atoms with Crippen LogP contribution >= 0.6 is 24.0 Å². The number of aryl methyl sites for hydroxylation is 2. The van der Waals surface area contributed by atoms with Crippen molar-refractivity contribution in [3.05, 3.63) is 17.0 Å². The summed E-state index contributed by atoms with van der Waals surface area (Å²) in [4.78, 5) is 16.1. The third-order valence-corrected chi connectivity index (χ3v) is 3.64. The first kappa shape index (κ1) is 22.7. The molecule has 1 aromatic rings. The summed E-state index contributed by atoms with van der Waals surface area (Å²) in [5.41, 5.74) is 3.29. The van der Waals surface area contributed by atoms with Gasteiger partial charge in [-0.2, -0.15) is 5.10 Å². The summed E-state index contributed by atoms with van der Waals surface area (Å²) >= 11 is 0. The largest absolute Gasteiger partial charge is 0.357 e. The highest BCUT2D eigenvalue weighted by Gasteiger charge is 2.09. The van der Waals surface area contributed by atoms with Crippen molar-refractivity contribution in [3.63, 3.8) is 0 Å². The van der Waals surface area contributed by atoms with Gasteiger partial charge in [0, 0.05) is 43.9 Å². The third kappa shape index (κ3) is 7.06. The molecule has 0 saturated heterocycles. The molecule has 0 aliphatic carbocycles. The quantitative estimate of drug-likeness (QED) is 0.255. The molecule has 0 radical (unpaired) electrons. The fraction of sp³-hybridized carbons (Fsp3) is 0.688. The van der Waals surface area contributed by atoms with Crippen LogP contribution in [0.15, 0.2) is 4.99 Å². The molecule has 1 amide bonds. The maximum absolute atomic E-state index is 11.5. The van der Waals surface area contributed by atoms with Gasteiger partial charge < -0.3 is 16.0 Å². The average molecular weight is 450 g/mol. The molecule has 0 fully saturated rings. The Morgan fingerprint density at radius 3 is 2.33 bits per heavy atom. The van der Waals surface area contributed by atoms with E-state index in [1.54, 1.807) is 0 Å². The fourth-order valence-electron chi connectivity index (χ4n) is 2.12. The van der Waals surface area contributed by atoms with E-state index in [0.29, 0.717) is 19.6 Å². The molecule has 0 unspecified atom stereocenters. The molecule has 0 aromatic carbocycles. The summed E-state index contributed by atoms with van der Waals surface area (Å²) in [6, 6.07) is 0. The van der Waals surface area contributed by atoms with Crippen molar-refractivity contribution in [2.24, 2.45) is 18.0 Å². The minimum Gasteiger partial charge on any atom is -0.357 e. The van der Waals surface area contributed by atoms with Crippen LogP contribution in [0, 0.1) is 19.8 Å². The van der Waals surface area contributed by atoms with E-state index in [2.05, 4.69) is 26.0 Å². The van der Waals surface area contributed by atoms with Crippen LogP contribution in [0.2, 0.25) is 0 Å². The van der Waals surface area contributed by atoms with Gasteiger partial charge in [-0.15, -0.1) is 24.0 Å². The molecule has 1 heterocycles. The highest BCUT2D eigenvalue weighted by Crippen LogP contribution is 2.12. The van der Waals surface area contributed by atoms with Gasteiger partial charge in [0.25, 0.3) is 0 Å². The Labute approximate surface area is 162 Å². The summed E-state index contributed by atoms with van der Waals surface area (Å²) in [5.74, 6) is 0.817. The van der Waals surface area contributed by atoms with Crippen molar-refractivity contribution in [3.8, 4) is 0 Å². The molecule has 1 rings (SSSR count). The highest BCUT2D eigenvalue weighted by molar-refractivity contribution is 14.0. The molecule has 1 aromatic heterocycles. The zero-order valence-electron chi connectivity index (χ0n) is 15.6. The first-order valence-electron chi connectivity index (χ1n) is 8.15. The average Bonchev–Trinajstić information content (AvgIpc) is 2.73. The number of carbonyl (C=O) groups excluding carboxylic acids is 1. The van der Waals surface area contributed by atoms with Crippen molar-refractivity contribution in [1.29, 1.82) is 0 Å². The summed E-state index contributed by atoms with van der Waals surface area (Å²) in [5, 5.41) is 13.7. The predicted octanol–water partition coefficient (Wildman–Crippen LogP) is 1.48. The number of halogens is 1. The first-order chi connectivity index (χ1) is 10.9. The predicted molar refractivity (Wildman–Crippen MR) is 109 cm³/mol. The Morgan fingerprint density at radius 1 is 1.21 bits per heavy atom. The number of nitrogens with zero attached hydrogens (tertiary/aromatic N) is 3. The van der Waals surface area contributed by atoms with Crippen LogP contribution in [0.5, 0.6) is 0 Å². The van der Waals surface area contributed by atoms with E-state index >= 15 is 0 Å². The second-order valence-corrected chi connectivity index (χ2v) is 5.84. The summed E-state index contributed by atoms with van der Waals surface area (Å²) in [7, 11) is 1.94. The van der Waals surface area contributed by atoms with E-state index in [1.807, 2.05) is 46.3 Å². The van der Waals surface area contributed by atoms with Crippen LogP contribution in [0.4, 0.5) is 0 Å². The fourth-order valence-corrected chi connectivity index (χ4v) is 2.12. The molecular weight excluding hydrogens is 419 g/mol. The van der Waals surface area contributed by atoms with Gasteiger partial charge in [-0.1, -0.05) is 13.8 Å². The van der Waals surface area contributed by atoms with Crippen molar-refractivity contribution in [2.75, 3.05) is 19.6 Å². The number of aromatic nitrogens is 2. The summed E-state index contributed by atoms with van der Waals surface area (Å²) in [6.07, 6.45) is 0. The molecule has 0 atom stereocenters. The van der Waals surface area contributed by atoms with E-state index in [1.165, 1.54) is 0 Å². The maximum atomic E-state index is 11.5. The van der Waals surface area contributed by atoms with Crippen molar-refractivity contribution >= 4 is 35.8 Å². The number of nitrogens with one attached hydrogen (secondary N) is 3. The number of amides is 1. The number of carbonyl (C=O) groups is 1. The van der Waals surface area contributed by atoms with E-state index in [0.717, 1.165) is 29.5 Å². The molecule has 0 spiro atoms. The minimum atomic E-state index is 0. The smallest absolute Gasteiger partial charge is 0.222 e. The zero-order valence-corrected chi connectivity index (χ0v) is 17.9. The third-order valence-electron chi connectivity index (χ3n) is 3.64. The Hall–Kier alpha value is -1.32. The molecule has 138 valence electrons. The van der Waals surface area contributed by atoms with Gasteiger partial charge in [0.15, 0.2) is 5.96 Å². The van der Waals surface area contributed by atoms with E-state index < -0.39 is 0 Å². The molecule has 0 saturated carbocycles. The lowest BCUT2D eigenvalue weighted by Gasteiger charge is -2.12. The Kier molecular flexibility index (Phi) is 10.7.